The maximum atomic E-state index is 13.2. The largest absolute Gasteiger partial charge is 0.507 e. The number of rotatable bonds is 2. The Labute approximate surface area is 140 Å². The highest BCUT2D eigenvalue weighted by Gasteiger charge is 2.14. The molecule has 0 amide bonds. The van der Waals surface area contributed by atoms with Crippen LogP contribution in [0, 0.1) is 5.82 Å². The van der Waals surface area contributed by atoms with Crippen LogP contribution >= 0.6 is 0 Å². The van der Waals surface area contributed by atoms with Gasteiger partial charge in [-0.1, -0.05) is 19.9 Å². The lowest BCUT2D eigenvalue weighted by molar-refractivity contribution is 0.434. The number of pyridine rings is 1. The Morgan fingerprint density at radius 1 is 0.958 bits per heavy atom. The van der Waals surface area contributed by atoms with Crippen molar-refractivity contribution < 1.29 is 14.6 Å². The molecule has 24 heavy (non-hydrogen) atoms. The monoisotopic (exact) mass is 325 g/mol. The van der Waals surface area contributed by atoms with Crippen molar-refractivity contribution in [1.29, 1.82) is 0 Å². The van der Waals surface area contributed by atoms with Crippen LogP contribution in [0.25, 0.3) is 22.2 Å². The molecule has 1 heterocycles. The van der Waals surface area contributed by atoms with E-state index >= 15 is 0 Å². The average Bonchev–Trinajstić information content (AvgIpc) is 2.55. The fraction of sp³-hybridized carbons (Fsp3) is 0.150. The molecular weight excluding hydrogens is 305 g/mol. The Kier molecular flexibility index (Phi) is 5.19. The summed E-state index contributed by atoms with van der Waals surface area (Å²) in [4.78, 5) is 4.45. The molecule has 2 N–H and O–H groups in total. The number of benzene rings is 2. The normalized spacial score (nSPS) is 10.5. The lowest BCUT2D eigenvalue weighted by Crippen LogP contribution is -1.92. The number of aromatic nitrogens is 1. The summed E-state index contributed by atoms with van der Waals surface area (Å²) in [6, 6.07) is 11.1. The summed E-state index contributed by atoms with van der Waals surface area (Å²) in [6.07, 6.45) is 0. The minimum absolute atomic E-state index is 0.0154. The van der Waals surface area contributed by atoms with Crippen LogP contribution in [0.4, 0.5) is 4.39 Å². The highest BCUT2D eigenvalue weighted by molar-refractivity contribution is 5.82. The van der Waals surface area contributed by atoms with Crippen molar-refractivity contribution in [2.75, 3.05) is 0 Å². The molecule has 0 radical (unpaired) electrons. The zero-order valence-electron chi connectivity index (χ0n) is 13.8. The number of aromatic hydroxyl groups is 2. The predicted molar refractivity (Wildman–Crippen MR) is 95.8 cm³/mol. The van der Waals surface area contributed by atoms with Gasteiger partial charge in [-0.25, -0.2) is 9.37 Å². The third-order valence-electron chi connectivity index (χ3n) is 3.66. The molecule has 0 spiro atoms. The molecule has 3 nitrogen and oxygen atoms in total. The van der Waals surface area contributed by atoms with Gasteiger partial charge in [0.1, 0.15) is 17.3 Å². The molecule has 0 aliphatic carbocycles. The Morgan fingerprint density at radius 3 is 2.17 bits per heavy atom. The van der Waals surface area contributed by atoms with E-state index in [1.54, 1.807) is 30.3 Å². The van der Waals surface area contributed by atoms with Crippen LogP contribution in [-0.4, -0.2) is 15.2 Å². The first kappa shape index (κ1) is 17.5. The van der Waals surface area contributed by atoms with Gasteiger partial charge >= 0.3 is 0 Å². The summed E-state index contributed by atoms with van der Waals surface area (Å²) in [6.45, 7) is 9.80. The molecule has 0 aliphatic heterocycles. The van der Waals surface area contributed by atoms with Gasteiger partial charge in [-0.2, -0.15) is 0 Å². The molecular formula is C20H20FNO2. The lowest BCUT2D eigenvalue weighted by atomic mass is 9.97. The molecule has 3 aromatic rings. The number of nitrogens with zero attached hydrogens (tertiary/aromatic N) is 1. The second-order valence-electron chi connectivity index (χ2n) is 5.62. The van der Waals surface area contributed by atoms with Gasteiger partial charge in [0.2, 0.25) is 0 Å². The molecule has 2 aromatic carbocycles. The van der Waals surface area contributed by atoms with Gasteiger partial charge in [0.05, 0.1) is 11.2 Å². The minimum atomic E-state index is -0.307. The Morgan fingerprint density at radius 2 is 1.58 bits per heavy atom. The average molecular weight is 325 g/mol. The zero-order chi connectivity index (χ0) is 17.9. The fourth-order valence-electron chi connectivity index (χ4n) is 2.62. The van der Waals surface area contributed by atoms with Crippen LogP contribution in [0.3, 0.4) is 0 Å². The van der Waals surface area contributed by atoms with E-state index in [-0.39, 0.29) is 23.2 Å². The Bertz CT molecular complexity index is 852. The fourth-order valence-corrected chi connectivity index (χ4v) is 2.62. The summed E-state index contributed by atoms with van der Waals surface area (Å²) >= 11 is 0. The van der Waals surface area contributed by atoms with Crippen molar-refractivity contribution in [1.82, 2.24) is 4.98 Å². The highest BCUT2D eigenvalue weighted by Crippen LogP contribution is 2.37. The molecule has 0 fully saturated rings. The topological polar surface area (TPSA) is 53.4 Å². The highest BCUT2D eigenvalue weighted by atomic mass is 19.1. The van der Waals surface area contributed by atoms with Crippen LogP contribution in [0.15, 0.2) is 55.6 Å². The summed E-state index contributed by atoms with van der Waals surface area (Å²) in [5.74, 6) is -0.197. The van der Waals surface area contributed by atoms with Crippen LogP contribution in [-0.2, 0) is 0 Å². The first-order chi connectivity index (χ1) is 11.5. The smallest absolute Gasteiger partial charge is 0.123 e. The maximum Gasteiger partial charge on any atom is 0.123 e. The van der Waals surface area contributed by atoms with Gasteiger partial charge in [0, 0.05) is 16.5 Å². The quantitative estimate of drug-likeness (QED) is 0.622. The second kappa shape index (κ2) is 7.13. The number of fused-ring (bicyclic) bond motifs is 1. The molecule has 0 saturated heterocycles. The summed E-state index contributed by atoms with van der Waals surface area (Å²) in [5.41, 5.74) is 2.41. The molecule has 4 heteroatoms. The van der Waals surface area contributed by atoms with Crippen molar-refractivity contribution >= 4 is 10.9 Å². The van der Waals surface area contributed by atoms with Gasteiger partial charge in [0.25, 0.3) is 0 Å². The van der Waals surface area contributed by atoms with E-state index in [1.807, 2.05) is 13.8 Å². The van der Waals surface area contributed by atoms with Crippen LogP contribution in [0.2, 0.25) is 0 Å². The van der Waals surface area contributed by atoms with E-state index in [0.29, 0.717) is 27.7 Å². The van der Waals surface area contributed by atoms with Gasteiger partial charge in [0.15, 0.2) is 0 Å². The number of halogens is 1. The summed E-state index contributed by atoms with van der Waals surface area (Å²) in [7, 11) is 0. The number of hydrogen-bond acceptors (Lipinski definition) is 3. The third kappa shape index (κ3) is 3.38. The van der Waals surface area contributed by atoms with Crippen molar-refractivity contribution in [3.05, 3.63) is 67.0 Å². The predicted octanol–water partition coefficient (Wildman–Crippen LogP) is 5.38. The van der Waals surface area contributed by atoms with Crippen molar-refractivity contribution in [3.8, 4) is 22.8 Å². The minimum Gasteiger partial charge on any atom is -0.507 e. The van der Waals surface area contributed by atoms with Crippen molar-refractivity contribution in [2.45, 2.75) is 19.8 Å². The van der Waals surface area contributed by atoms with Crippen LogP contribution < -0.4 is 0 Å². The van der Waals surface area contributed by atoms with Crippen molar-refractivity contribution in [3.63, 3.8) is 0 Å². The second-order valence-corrected chi connectivity index (χ2v) is 5.62. The SMILES string of the molecule is C=C.CC(C)c1c(O)cc(-c2ccc3cc(F)ccc3n2)cc1O. The number of phenolic OH excluding ortho intramolecular Hbond substituents is 2. The van der Waals surface area contributed by atoms with Crippen LogP contribution in [0.1, 0.15) is 25.3 Å². The molecule has 0 atom stereocenters. The summed E-state index contributed by atoms with van der Waals surface area (Å²) in [5, 5.41) is 20.9. The van der Waals surface area contributed by atoms with Gasteiger partial charge in [-0.05, 0) is 42.3 Å². The van der Waals surface area contributed by atoms with E-state index in [1.165, 1.54) is 12.1 Å². The Hall–Kier alpha value is -2.88. The lowest BCUT2D eigenvalue weighted by Gasteiger charge is -2.13. The van der Waals surface area contributed by atoms with Gasteiger partial charge in [-0.3, -0.25) is 0 Å². The molecule has 0 saturated carbocycles. The molecule has 0 unspecified atom stereocenters. The number of hydrogen-bond donors (Lipinski definition) is 2. The standard InChI is InChI=1S/C18H16FNO2.C2H4/c1-10(2)18-16(21)8-12(9-17(18)22)15-5-3-11-7-13(19)4-6-14(11)20-15;1-2/h3-10,21-22H,1-2H3;1-2H2. The van der Waals surface area contributed by atoms with E-state index in [9.17, 15) is 14.6 Å². The van der Waals surface area contributed by atoms with E-state index < -0.39 is 0 Å². The first-order valence-electron chi connectivity index (χ1n) is 7.58. The molecule has 0 bridgehead atoms. The van der Waals surface area contributed by atoms with E-state index in [4.69, 9.17) is 0 Å². The zero-order valence-corrected chi connectivity index (χ0v) is 13.8. The summed E-state index contributed by atoms with van der Waals surface area (Å²) < 4.78 is 13.2. The number of phenols is 2. The molecule has 0 aliphatic rings. The molecule has 1 aromatic heterocycles. The third-order valence-corrected chi connectivity index (χ3v) is 3.66. The van der Waals surface area contributed by atoms with E-state index in [0.717, 1.165) is 0 Å². The van der Waals surface area contributed by atoms with Gasteiger partial charge < -0.3 is 10.2 Å². The van der Waals surface area contributed by atoms with Crippen molar-refractivity contribution in [2.24, 2.45) is 0 Å². The molecule has 3 rings (SSSR count). The van der Waals surface area contributed by atoms with Gasteiger partial charge in [-0.15, -0.1) is 13.2 Å². The molecule has 124 valence electrons. The maximum absolute atomic E-state index is 13.2. The van der Waals surface area contributed by atoms with E-state index in [2.05, 4.69) is 18.1 Å². The first-order valence-corrected chi connectivity index (χ1v) is 7.58. The Balaban J connectivity index is 0.00000100. The van der Waals surface area contributed by atoms with Crippen LogP contribution in [0.5, 0.6) is 11.5 Å².